The summed E-state index contributed by atoms with van der Waals surface area (Å²) in [4.78, 5) is 25.3. The van der Waals surface area contributed by atoms with E-state index < -0.39 is 28.1 Å². The smallest absolute Gasteiger partial charge is 0.328 e. The average Bonchev–Trinajstić information content (AvgIpc) is 2.78. The maximum atomic E-state index is 13.2. The van der Waals surface area contributed by atoms with Crippen molar-refractivity contribution in [2.45, 2.75) is 19.0 Å². The summed E-state index contributed by atoms with van der Waals surface area (Å²) in [6, 6.07) is 20.3. The van der Waals surface area contributed by atoms with Gasteiger partial charge in [-0.25, -0.2) is 9.10 Å². The molecule has 0 aromatic heterocycles. The fraction of sp³-hybridized carbons (Fsp3) is 0.130. The maximum absolute atomic E-state index is 13.2. The third-order valence-electron chi connectivity index (χ3n) is 4.69. The van der Waals surface area contributed by atoms with Crippen molar-refractivity contribution in [2.75, 3.05) is 0 Å². The molecule has 0 spiro atoms. The highest BCUT2D eigenvalue weighted by Gasteiger charge is 2.39. The second-order valence-corrected chi connectivity index (χ2v) is 8.64. The van der Waals surface area contributed by atoms with Crippen LogP contribution in [-0.2, 0) is 28.0 Å². The van der Waals surface area contributed by atoms with Crippen LogP contribution in [0.15, 0.2) is 84.9 Å². The number of nitrogens with one attached hydrogen (secondary N) is 1. The Morgan fingerprint density at radius 1 is 0.875 bits per heavy atom. The molecule has 0 bridgehead atoms. The monoisotopic (exact) mass is 454 g/mol. The molecule has 9 heteroatoms. The summed E-state index contributed by atoms with van der Waals surface area (Å²) in [5, 5.41) is 19.5. The molecule has 0 fully saturated rings. The maximum Gasteiger partial charge on any atom is 0.328 e. The molecule has 0 unspecified atom stereocenters. The van der Waals surface area contributed by atoms with Crippen molar-refractivity contribution in [3.05, 3.63) is 102 Å². The Morgan fingerprint density at radius 2 is 1.47 bits per heavy atom. The largest absolute Gasteiger partial charge is 0.508 e. The Bertz CT molecular complexity index is 1180. The molecule has 3 aromatic rings. The minimum absolute atomic E-state index is 0.0366. The van der Waals surface area contributed by atoms with Crippen molar-refractivity contribution in [3.63, 3.8) is 0 Å². The van der Waals surface area contributed by atoms with E-state index in [1.54, 1.807) is 60.7 Å². The van der Waals surface area contributed by atoms with Crippen LogP contribution in [0.25, 0.3) is 0 Å². The number of aliphatic carboxylic acids is 1. The number of aromatic hydroxyl groups is 1. The van der Waals surface area contributed by atoms with E-state index >= 15 is 0 Å². The first kappa shape index (κ1) is 23.0. The molecule has 0 saturated heterocycles. The van der Waals surface area contributed by atoms with Gasteiger partial charge in [0.2, 0.25) is 0 Å². The molecule has 1 atom stereocenters. The molecule has 0 saturated carbocycles. The Hall–Kier alpha value is -3.69. The Morgan fingerprint density at radius 3 is 2.06 bits per heavy atom. The predicted molar refractivity (Wildman–Crippen MR) is 118 cm³/mol. The summed E-state index contributed by atoms with van der Waals surface area (Å²) in [6.07, 6.45) is -0.207. The van der Waals surface area contributed by atoms with Crippen LogP contribution in [-0.4, -0.2) is 40.9 Å². The van der Waals surface area contributed by atoms with E-state index in [-0.39, 0.29) is 24.3 Å². The quantitative estimate of drug-likeness (QED) is 0.457. The van der Waals surface area contributed by atoms with Gasteiger partial charge in [0.25, 0.3) is 5.91 Å². The zero-order valence-corrected chi connectivity index (χ0v) is 17.8. The van der Waals surface area contributed by atoms with Crippen molar-refractivity contribution in [1.29, 1.82) is 0 Å². The van der Waals surface area contributed by atoms with Gasteiger partial charge in [0, 0.05) is 18.5 Å². The number of hydrogen-bond donors (Lipinski definition) is 3. The van der Waals surface area contributed by atoms with Crippen molar-refractivity contribution in [2.24, 2.45) is 0 Å². The molecule has 32 heavy (non-hydrogen) atoms. The van der Waals surface area contributed by atoms with E-state index in [1.807, 2.05) is 0 Å². The lowest BCUT2D eigenvalue weighted by Crippen LogP contribution is -2.53. The third-order valence-corrected chi connectivity index (χ3v) is 6.14. The summed E-state index contributed by atoms with van der Waals surface area (Å²) in [7, 11) is -4.57. The van der Waals surface area contributed by atoms with Crippen LogP contribution in [0.3, 0.4) is 0 Å². The van der Waals surface area contributed by atoms with E-state index in [0.29, 0.717) is 15.4 Å². The van der Waals surface area contributed by atoms with E-state index in [1.165, 1.54) is 24.3 Å². The number of phenols is 1. The molecule has 3 rings (SSSR count). The summed E-state index contributed by atoms with van der Waals surface area (Å²) in [6.45, 7) is -0.243. The van der Waals surface area contributed by atoms with Gasteiger partial charge < -0.3 is 10.2 Å². The Labute approximate surface area is 185 Å². The number of carboxylic acids is 1. The van der Waals surface area contributed by atoms with Gasteiger partial charge in [-0.15, -0.1) is 0 Å². The molecule has 1 amide bonds. The second kappa shape index (κ2) is 10.1. The third kappa shape index (κ3) is 5.71. The predicted octanol–water partition coefficient (Wildman–Crippen LogP) is 2.56. The van der Waals surface area contributed by atoms with Gasteiger partial charge in [-0.05, 0) is 35.4 Å². The van der Waals surface area contributed by atoms with Gasteiger partial charge >= 0.3 is 16.2 Å². The first-order valence-corrected chi connectivity index (χ1v) is 11.1. The highest BCUT2D eigenvalue weighted by atomic mass is 32.2. The number of benzene rings is 3. The first-order chi connectivity index (χ1) is 15.3. The molecule has 3 N–H and O–H groups in total. The molecule has 0 aliphatic rings. The van der Waals surface area contributed by atoms with Crippen molar-refractivity contribution < 1.29 is 28.2 Å². The van der Waals surface area contributed by atoms with Gasteiger partial charge in [0.1, 0.15) is 5.75 Å². The zero-order valence-electron chi connectivity index (χ0n) is 17.0. The van der Waals surface area contributed by atoms with E-state index in [4.69, 9.17) is 0 Å². The van der Waals surface area contributed by atoms with E-state index in [0.717, 1.165) is 0 Å². The van der Waals surface area contributed by atoms with Gasteiger partial charge in [0.15, 0.2) is 6.04 Å². The lowest BCUT2D eigenvalue weighted by molar-refractivity contribution is -0.140. The van der Waals surface area contributed by atoms with Gasteiger partial charge in [-0.2, -0.15) is 13.1 Å². The van der Waals surface area contributed by atoms with Gasteiger partial charge in [-0.3, -0.25) is 4.79 Å². The number of amides is 1. The van der Waals surface area contributed by atoms with Crippen molar-refractivity contribution in [3.8, 4) is 5.75 Å². The number of nitrogens with zero attached hydrogens (tertiary/aromatic N) is 1. The topological polar surface area (TPSA) is 124 Å². The molecule has 0 heterocycles. The van der Waals surface area contributed by atoms with Gasteiger partial charge in [0.05, 0.1) is 0 Å². The minimum Gasteiger partial charge on any atom is -0.508 e. The number of phenolic OH excluding ortho intramolecular Hbond substituents is 1. The van der Waals surface area contributed by atoms with Crippen LogP contribution in [0.2, 0.25) is 0 Å². The van der Waals surface area contributed by atoms with Gasteiger partial charge in [-0.1, -0.05) is 60.7 Å². The molecular formula is C23H22N2O6S. The van der Waals surface area contributed by atoms with E-state index in [9.17, 15) is 28.2 Å². The molecule has 8 nitrogen and oxygen atoms in total. The molecule has 0 aliphatic heterocycles. The van der Waals surface area contributed by atoms with Crippen LogP contribution >= 0.6 is 0 Å². The number of hydrogen-bond acceptors (Lipinski definition) is 5. The SMILES string of the molecule is O=C(O)[C@H](Cc1ccccc1)N(C(=O)c1ccccc1)S(=O)(=O)NCc1cccc(O)c1. The summed E-state index contributed by atoms with van der Waals surface area (Å²) < 4.78 is 29.1. The van der Waals surface area contributed by atoms with Crippen LogP contribution in [0.5, 0.6) is 5.75 Å². The fourth-order valence-electron chi connectivity index (χ4n) is 3.14. The first-order valence-electron chi connectivity index (χ1n) is 9.71. The molecule has 0 radical (unpaired) electrons. The van der Waals surface area contributed by atoms with Crippen LogP contribution in [0.4, 0.5) is 0 Å². The standard InChI is InChI=1S/C23H22N2O6S/c26-20-13-7-10-18(14-20)16-24-32(30,31)25(22(27)19-11-5-2-6-12-19)21(23(28)29)15-17-8-3-1-4-9-17/h1-14,21,24,26H,15-16H2,(H,28,29)/t21-/m0/s1. The van der Waals surface area contributed by atoms with Crippen LogP contribution in [0, 0.1) is 0 Å². The fourth-order valence-corrected chi connectivity index (χ4v) is 4.46. The molecule has 166 valence electrons. The van der Waals surface area contributed by atoms with E-state index in [2.05, 4.69) is 4.72 Å². The number of carbonyl (C=O) groups is 2. The summed E-state index contributed by atoms with van der Waals surface area (Å²) in [5.41, 5.74) is 1.04. The zero-order chi connectivity index (χ0) is 23.1. The summed E-state index contributed by atoms with van der Waals surface area (Å²) >= 11 is 0. The average molecular weight is 455 g/mol. The molecule has 3 aromatic carbocycles. The summed E-state index contributed by atoms with van der Waals surface area (Å²) in [5.74, 6) is -2.47. The highest BCUT2D eigenvalue weighted by Crippen LogP contribution is 2.18. The van der Waals surface area contributed by atoms with Crippen molar-refractivity contribution >= 4 is 22.1 Å². The minimum atomic E-state index is -4.57. The lowest BCUT2D eigenvalue weighted by Gasteiger charge is -2.28. The Kier molecular flexibility index (Phi) is 7.24. The Balaban J connectivity index is 1.98. The molecule has 0 aliphatic carbocycles. The van der Waals surface area contributed by atoms with Crippen LogP contribution < -0.4 is 4.72 Å². The van der Waals surface area contributed by atoms with Crippen molar-refractivity contribution in [1.82, 2.24) is 9.03 Å². The number of rotatable bonds is 9. The molecular weight excluding hydrogens is 432 g/mol. The van der Waals surface area contributed by atoms with Crippen LogP contribution in [0.1, 0.15) is 21.5 Å². The number of carboxylic acid groups (broad SMARTS) is 1. The second-order valence-electron chi connectivity index (χ2n) is 7.01. The lowest BCUT2D eigenvalue weighted by atomic mass is 10.1. The highest BCUT2D eigenvalue weighted by molar-refractivity contribution is 7.87. The number of carbonyl (C=O) groups excluding carboxylic acids is 1. The normalized spacial score (nSPS) is 12.1.